The predicted octanol–water partition coefficient (Wildman–Crippen LogP) is 3.44. The van der Waals surface area contributed by atoms with Gasteiger partial charge in [0, 0.05) is 9.77 Å². The smallest absolute Gasteiger partial charge is 0.260 e. The fourth-order valence-electron chi connectivity index (χ4n) is 1.38. The lowest BCUT2D eigenvalue weighted by atomic mass is 10.2. The summed E-state index contributed by atoms with van der Waals surface area (Å²) in [4.78, 5) is 17.6. The van der Waals surface area contributed by atoms with Gasteiger partial charge in [-0.2, -0.15) is 0 Å². The van der Waals surface area contributed by atoms with Crippen LogP contribution in [-0.2, 0) is 0 Å². The summed E-state index contributed by atoms with van der Waals surface area (Å²) in [6, 6.07) is 4.10. The maximum atomic E-state index is 13.5. The lowest BCUT2D eigenvalue weighted by Gasteiger charge is -2.03. The molecule has 1 aromatic heterocycles. The van der Waals surface area contributed by atoms with Crippen LogP contribution in [0.4, 0.5) is 9.52 Å². The van der Waals surface area contributed by atoms with Crippen LogP contribution < -0.4 is 5.32 Å². The molecular weight excluding hydrogens is 271 g/mol. The van der Waals surface area contributed by atoms with Crippen molar-refractivity contribution < 1.29 is 9.18 Å². The fourth-order valence-corrected chi connectivity index (χ4v) is 2.39. The van der Waals surface area contributed by atoms with Crippen LogP contribution in [0.5, 0.6) is 0 Å². The molecule has 1 amide bonds. The zero-order valence-corrected chi connectivity index (χ0v) is 11.5. The van der Waals surface area contributed by atoms with Crippen LogP contribution in [-0.4, -0.2) is 10.9 Å². The molecule has 0 aliphatic rings. The van der Waals surface area contributed by atoms with E-state index in [-0.39, 0.29) is 5.56 Å². The van der Waals surface area contributed by atoms with Crippen molar-refractivity contribution in [3.8, 4) is 0 Å². The summed E-state index contributed by atoms with van der Waals surface area (Å²) in [5.74, 6) is -1.09. The number of carbonyl (C=O) groups excluding carboxylic acids is 1. The molecule has 0 atom stereocenters. The number of rotatable bonds is 2. The van der Waals surface area contributed by atoms with Crippen LogP contribution in [0, 0.1) is 19.7 Å². The summed E-state index contributed by atoms with van der Waals surface area (Å²) in [6.07, 6.45) is 0. The molecule has 0 saturated heterocycles. The molecular formula is C12H11FN2OS2. The van der Waals surface area contributed by atoms with Gasteiger partial charge in [-0.1, -0.05) is 0 Å². The van der Waals surface area contributed by atoms with Crippen molar-refractivity contribution in [1.29, 1.82) is 0 Å². The second-order valence-corrected chi connectivity index (χ2v) is 5.50. The number of benzene rings is 1. The molecule has 94 valence electrons. The number of aromatic nitrogens is 1. The van der Waals surface area contributed by atoms with Crippen LogP contribution in [0.15, 0.2) is 23.1 Å². The van der Waals surface area contributed by atoms with E-state index in [2.05, 4.69) is 22.9 Å². The molecule has 6 heteroatoms. The van der Waals surface area contributed by atoms with E-state index in [1.165, 1.54) is 29.5 Å². The first-order valence-corrected chi connectivity index (χ1v) is 6.47. The summed E-state index contributed by atoms with van der Waals surface area (Å²) < 4.78 is 13.5. The van der Waals surface area contributed by atoms with E-state index in [0.717, 1.165) is 10.6 Å². The molecule has 18 heavy (non-hydrogen) atoms. The molecule has 0 unspecified atom stereocenters. The fraction of sp³-hybridized carbons (Fsp3) is 0.167. The molecule has 1 aromatic carbocycles. The van der Waals surface area contributed by atoms with Gasteiger partial charge < -0.3 is 0 Å². The maximum Gasteiger partial charge on any atom is 0.260 e. The number of carbonyl (C=O) groups is 1. The first-order valence-electron chi connectivity index (χ1n) is 5.21. The lowest BCUT2D eigenvalue weighted by Crippen LogP contribution is -2.13. The van der Waals surface area contributed by atoms with Crippen molar-refractivity contribution in [2.75, 3.05) is 5.32 Å². The molecule has 3 nitrogen and oxygen atoms in total. The number of amides is 1. The highest BCUT2D eigenvalue weighted by Crippen LogP contribution is 2.22. The Balaban J connectivity index is 2.24. The molecule has 0 radical (unpaired) electrons. The van der Waals surface area contributed by atoms with Gasteiger partial charge in [0.05, 0.1) is 11.3 Å². The second kappa shape index (κ2) is 5.07. The third kappa shape index (κ3) is 2.70. The largest absolute Gasteiger partial charge is 0.298 e. The molecule has 1 N–H and O–H groups in total. The molecule has 1 heterocycles. The Morgan fingerprint density at radius 1 is 1.44 bits per heavy atom. The lowest BCUT2D eigenvalue weighted by molar-refractivity contribution is 0.102. The topological polar surface area (TPSA) is 42.0 Å². The summed E-state index contributed by atoms with van der Waals surface area (Å²) in [5.41, 5.74) is 0.826. The number of halogens is 1. The van der Waals surface area contributed by atoms with Gasteiger partial charge in [0.2, 0.25) is 0 Å². The van der Waals surface area contributed by atoms with E-state index in [4.69, 9.17) is 0 Å². The Kier molecular flexibility index (Phi) is 3.68. The van der Waals surface area contributed by atoms with Crippen molar-refractivity contribution in [3.63, 3.8) is 0 Å². The minimum absolute atomic E-state index is 0.0343. The van der Waals surface area contributed by atoms with Gasteiger partial charge in [-0.3, -0.25) is 10.1 Å². The van der Waals surface area contributed by atoms with Gasteiger partial charge in [-0.25, -0.2) is 9.37 Å². The van der Waals surface area contributed by atoms with Crippen LogP contribution in [0.1, 0.15) is 20.9 Å². The summed E-state index contributed by atoms with van der Waals surface area (Å²) in [6.45, 7) is 3.77. The Hall–Kier alpha value is -1.40. The quantitative estimate of drug-likeness (QED) is 0.829. The van der Waals surface area contributed by atoms with Crippen LogP contribution in [0.3, 0.4) is 0 Å². The van der Waals surface area contributed by atoms with Crippen molar-refractivity contribution in [2.24, 2.45) is 0 Å². The average Bonchev–Trinajstić information content (AvgIpc) is 2.61. The Bertz CT molecular complexity index is 591. The molecule has 0 aliphatic carbocycles. The van der Waals surface area contributed by atoms with E-state index in [9.17, 15) is 9.18 Å². The molecule has 2 aromatic rings. The summed E-state index contributed by atoms with van der Waals surface area (Å²) in [7, 11) is 0. The number of thiazole rings is 1. The minimum Gasteiger partial charge on any atom is -0.298 e. The van der Waals surface area contributed by atoms with Gasteiger partial charge in [0.1, 0.15) is 5.82 Å². The zero-order valence-electron chi connectivity index (χ0n) is 9.82. The van der Waals surface area contributed by atoms with Crippen LogP contribution in [0.25, 0.3) is 0 Å². The Morgan fingerprint density at radius 2 is 2.17 bits per heavy atom. The van der Waals surface area contributed by atoms with Crippen LogP contribution in [0.2, 0.25) is 0 Å². The number of hydrogen-bond acceptors (Lipinski definition) is 4. The highest BCUT2D eigenvalue weighted by molar-refractivity contribution is 7.80. The van der Waals surface area contributed by atoms with Crippen molar-refractivity contribution in [3.05, 3.63) is 40.2 Å². The first-order chi connectivity index (χ1) is 8.47. The van der Waals surface area contributed by atoms with Gasteiger partial charge in [0.15, 0.2) is 5.13 Å². The number of hydrogen-bond donors (Lipinski definition) is 2. The number of aryl methyl sites for hydroxylation is 2. The molecule has 0 spiro atoms. The van der Waals surface area contributed by atoms with E-state index in [1.54, 1.807) is 0 Å². The van der Waals surface area contributed by atoms with E-state index in [1.807, 2.05) is 13.8 Å². The Morgan fingerprint density at radius 3 is 2.78 bits per heavy atom. The summed E-state index contributed by atoms with van der Waals surface area (Å²) in [5, 5.41) is 3.05. The number of nitrogens with one attached hydrogen (secondary N) is 1. The molecule has 0 saturated carbocycles. The number of thiol groups is 1. The van der Waals surface area contributed by atoms with Gasteiger partial charge in [-0.05, 0) is 32.0 Å². The molecule has 0 bridgehead atoms. The minimum atomic E-state index is -0.574. The van der Waals surface area contributed by atoms with Gasteiger partial charge in [-0.15, -0.1) is 24.0 Å². The van der Waals surface area contributed by atoms with Crippen LogP contribution >= 0.6 is 24.0 Å². The number of nitrogens with zero attached hydrogens (tertiary/aromatic N) is 1. The van der Waals surface area contributed by atoms with E-state index < -0.39 is 11.7 Å². The molecule has 2 rings (SSSR count). The Labute approximate surface area is 113 Å². The van der Waals surface area contributed by atoms with Crippen molar-refractivity contribution in [1.82, 2.24) is 4.98 Å². The zero-order chi connectivity index (χ0) is 13.3. The maximum absolute atomic E-state index is 13.5. The van der Waals surface area contributed by atoms with E-state index >= 15 is 0 Å². The molecule has 0 fully saturated rings. The monoisotopic (exact) mass is 282 g/mol. The third-order valence-electron chi connectivity index (χ3n) is 2.44. The standard InChI is InChI=1S/C12H11FN2OS2/c1-6-7(2)18-12(14-6)15-11(16)9-5-8(17)3-4-10(9)13/h3-5,17H,1-2H3,(H,14,15,16). The normalized spacial score (nSPS) is 10.4. The van der Waals surface area contributed by atoms with E-state index in [0.29, 0.717) is 10.0 Å². The van der Waals surface area contributed by atoms with Crippen molar-refractivity contribution in [2.45, 2.75) is 18.7 Å². The average molecular weight is 282 g/mol. The second-order valence-electron chi connectivity index (χ2n) is 3.78. The SMILES string of the molecule is Cc1nc(NC(=O)c2cc(S)ccc2F)sc1C. The first kappa shape index (κ1) is 13.0. The number of anilines is 1. The predicted molar refractivity (Wildman–Crippen MR) is 73.2 cm³/mol. The van der Waals surface area contributed by atoms with Gasteiger partial charge >= 0.3 is 0 Å². The third-order valence-corrected chi connectivity index (χ3v) is 3.71. The summed E-state index contributed by atoms with van der Waals surface area (Å²) >= 11 is 5.45. The van der Waals surface area contributed by atoms with Crippen molar-refractivity contribution >= 4 is 35.0 Å². The molecule has 0 aliphatic heterocycles. The van der Waals surface area contributed by atoms with Gasteiger partial charge in [0.25, 0.3) is 5.91 Å². The highest BCUT2D eigenvalue weighted by Gasteiger charge is 2.14. The highest BCUT2D eigenvalue weighted by atomic mass is 32.1.